The van der Waals surface area contributed by atoms with E-state index in [2.05, 4.69) is 18.8 Å². The van der Waals surface area contributed by atoms with Crippen LogP contribution in [0, 0.1) is 0 Å². The van der Waals surface area contributed by atoms with Crippen LogP contribution in [0.1, 0.15) is 104 Å². The number of hydrogen-bond donors (Lipinski definition) is 4. The lowest BCUT2D eigenvalue weighted by atomic mass is 9.83. The second-order valence-electron chi connectivity index (χ2n) is 9.64. The molecule has 1 aliphatic carbocycles. The topological polar surface area (TPSA) is 106 Å². The lowest BCUT2D eigenvalue weighted by Gasteiger charge is -2.41. The maximum atomic E-state index is 10.6. The van der Waals surface area contributed by atoms with Gasteiger partial charge in [0.25, 0.3) is 6.02 Å². The smallest absolute Gasteiger partial charge is 0.288 e. The van der Waals surface area contributed by atoms with Crippen molar-refractivity contribution in [1.82, 2.24) is 4.90 Å². The van der Waals surface area contributed by atoms with Gasteiger partial charge in [-0.05, 0) is 12.8 Å². The highest BCUT2D eigenvalue weighted by molar-refractivity contribution is 5.77. The van der Waals surface area contributed by atoms with Crippen molar-refractivity contribution in [2.24, 2.45) is 4.99 Å². The van der Waals surface area contributed by atoms with Crippen LogP contribution in [0.15, 0.2) is 4.99 Å². The second-order valence-corrected chi connectivity index (χ2v) is 9.64. The first kappa shape index (κ1) is 27.4. The van der Waals surface area contributed by atoms with Crippen LogP contribution >= 0.6 is 0 Å². The molecular weight excluding hydrogens is 408 g/mol. The van der Waals surface area contributed by atoms with Crippen molar-refractivity contribution in [3.8, 4) is 0 Å². The summed E-state index contributed by atoms with van der Waals surface area (Å²) >= 11 is 0. The van der Waals surface area contributed by atoms with Crippen molar-refractivity contribution in [2.45, 2.75) is 140 Å². The number of fused-ring (bicyclic) bond motifs is 1. The fourth-order valence-corrected chi connectivity index (χ4v) is 4.87. The highest BCUT2D eigenvalue weighted by atomic mass is 16.5. The molecule has 0 aromatic carbocycles. The third-order valence-corrected chi connectivity index (χ3v) is 6.93. The first-order chi connectivity index (χ1) is 15.5. The first-order valence-electron chi connectivity index (χ1n) is 13.2. The fraction of sp³-hybridized carbons (Fsp3) is 0.960. The lowest BCUT2D eigenvalue weighted by Crippen LogP contribution is -2.65. The highest BCUT2D eigenvalue weighted by Crippen LogP contribution is 2.33. The zero-order valence-electron chi connectivity index (χ0n) is 20.4. The van der Waals surface area contributed by atoms with Gasteiger partial charge in [-0.1, -0.05) is 90.9 Å². The van der Waals surface area contributed by atoms with E-state index < -0.39 is 36.6 Å². The van der Waals surface area contributed by atoms with Crippen molar-refractivity contribution >= 4 is 6.02 Å². The number of nitrogens with zero attached hydrogens (tertiary/aromatic N) is 2. The SMILES string of the molecule is CCCCCCCCCN=C1O[C@@H]2[C@H](O)[C@@H](O)[C@H](O)[C@@H](O)[C@H]2N1CCCCCCCCC. The molecule has 188 valence electrons. The van der Waals surface area contributed by atoms with E-state index in [9.17, 15) is 20.4 Å². The minimum absolute atomic E-state index is 0.441. The molecular formula is C25H48N2O5. The van der Waals surface area contributed by atoms with Gasteiger partial charge >= 0.3 is 0 Å². The molecule has 4 N–H and O–H groups in total. The number of unbranched alkanes of at least 4 members (excludes halogenated alkanes) is 12. The van der Waals surface area contributed by atoms with Crippen LogP contribution in [0.25, 0.3) is 0 Å². The van der Waals surface area contributed by atoms with Crippen LogP contribution in [-0.4, -0.2) is 81.0 Å². The van der Waals surface area contributed by atoms with Crippen LogP contribution in [0.3, 0.4) is 0 Å². The molecule has 0 aromatic rings. The van der Waals surface area contributed by atoms with Crippen LogP contribution in [-0.2, 0) is 4.74 Å². The molecule has 0 spiro atoms. The van der Waals surface area contributed by atoms with Crippen LogP contribution < -0.4 is 0 Å². The Balaban J connectivity index is 1.90. The Morgan fingerprint density at radius 3 is 1.75 bits per heavy atom. The van der Waals surface area contributed by atoms with Gasteiger partial charge in [0.05, 0.1) is 0 Å². The molecule has 0 bridgehead atoms. The molecule has 0 aromatic heterocycles. The molecule has 32 heavy (non-hydrogen) atoms. The first-order valence-corrected chi connectivity index (χ1v) is 13.2. The Bertz CT molecular complexity index is 532. The Hall–Kier alpha value is -0.890. The van der Waals surface area contributed by atoms with E-state index in [1.54, 1.807) is 0 Å². The van der Waals surface area contributed by atoms with Gasteiger partial charge in [0, 0.05) is 13.1 Å². The third kappa shape index (κ3) is 7.86. The van der Waals surface area contributed by atoms with Crippen LogP contribution in [0.5, 0.6) is 0 Å². The Kier molecular flexibility index (Phi) is 12.9. The Labute approximate surface area is 194 Å². The number of rotatable bonds is 16. The molecule has 0 amide bonds. The van der Waals surface area contributed by atoms with E-state index in [1.807, 2.05) is 4.90 Å². The highest BCUT2D eigenvalue weighted by Gasteiger charge is 2.57. The van der Waals surface area contributed by atoms with Gasteiger partial charge in [-0.15, -0.1) is 0 Å². The van der Waals surface area contributed by atoms with Crippen LogP contribution in [0.4, 0.5) is 0 Å². The predicted octanol–water partition coefficient (Wildman–Crippen LogP) is 3.37. The maximum Gasteiger partial charge on any atom is 0.288 e. The molecule has 0 radical (unpaired) electrons. The summed E-state index contributed by atoms with van der Waals surface area (Å²) in [7, 11) is 0. The summed E-state index contributed by atoms with van der Waals surface area (Å²) in [5.41, 5.74) is 0. The molecule has 7 nitrogen and oxygen atoms in total. The number of amidine groups is 1. The summed E-state index contributed by atoms with van der Waals surface area (Å²) in [5, 5.41) is 41.4. The molecule has 2 rings (SSSR count). The van der Waals surface area contributed by atoms with Crippen molar-refractivity contribution < 1.29 is 25.2 Å². The summed E-state index contributed by atoms with van der Waals surface area (Å²) in [5.74, 6) is 0. The van der Waals surface area contributed by atoms with E-state index >= 15 is 0 Å². The maximum absolute atomic E-state index is 10.6. The molecule has 2 fully saturated rings. The van der Waals surface area contributed by atoms with E-state index in [0.717, 1.165) is 25.7 Å². The molecule has 0 unspecified atom stereocenters. The minimum Gasteiger partial charge on any atom is -0.457 e. The van der Waals surface area contributed by atoms with E-state index in [4.69, 9.17) is 4.74 Å². The van der Waals surface area contributed by atoms with Crippen molar-refractivity contribution in [3.05, 3.63) is 0 Å². The summed E-state index contributed by atoms with van der Waals surface area (Å²) in [6.45, 7) is 5.75. The molecule has 1 saturated carbocycles. The van der Waals surface area contributed by atoms with Crippen molar-refractivity contribution in [3.63, 3.8) is 0 Å². The average Bonchev–Trinajstić information content (AvgIpc) is 3.16. The van der Waals surface area contributed by atoms with Gasteiger partial charge in [0.1, 0.15) is 30.5 Å². The Morgan fingerprint density at radius 1 is 0.656 bits per heavy atom. The van der Waals surface area contributed by atoms with Crippen molar-refractivity contribution in [2.75, 3.05) is 13.1 Å². The monoisotopic (exact) mass is 456 g/mol. The number of aliphatic imine (C=N–C) groups is 1. The van der Waals surface area contributed by atoms with E-state index in [-0.39, 0.29) is 0 Å². The molecule has 1 saturated heterocycles. The zero-order valence-corrected chi connectivity index (χ0v) is 20.4. The molecule has 6 atom stereocenters. The summed E-state index contributed by atoms with van der Waals surface area (Å²) in [6, 6.07) is -0.146. The largest absolute Gasteiger partial charge is 0.457 e. The molecule has 7 heteroatoms. The summed E-state index contributed by atoms with van der Waals surface area (Å²) in [6.07, 6.45) is 10.7. The molecule has 2 aliphatic rings. The van der Waals surface area contributed by atoms with Gasteiger partial charge in [-0.2, -0.15) is 0 Å². The standard InChI is InChI=1S/C25H48N2O5/c1-3-5-7-9-11-13-15-17-26-25-27(18-16-14-12-10-8-6-4-2)19-20(28)21(29)22(30)23(31)24(19)32-25/h19-24,28-31H,3-18H2,1-2H3/t19-,20+,21-,22+,23-,24+/m1/s1. The third-order valence-electron chi connectivity index (χ3n) is 6.93. The summed E-state index contributed by atoms with van der Waals surface area (Å²) in [4.78, 5) is 6.57. The Morgan fingerprint density at radius 2 is 1.16 bits per heavy atom. The normalized spacial score (nSPS) is 31.2. The van der Waals surface area contributed by atoms with Gasteiger partial charge in [-0.3, -0.25) is 0 Å². The lowest BCUT2D eigenvalue weighted by molar-refractivity contribution is -0.182. The van der Waals surface area contributed by atoms with E-state index in [1.165, 1.54) is 64.2 Å². The average molecular weight is 457 g/mol. The number of aliphatic hydroxyl groups is 4. The van der Waals surface area contributed by atoms with Crippen LogP contribution in [0.2, 0.25) is 0 Å². The minimum atomic E-state index is -1.42. The number of aliphatic hydroxyl groups excluding tert-OH is 4. The van der Waals surface area contributed by atoms with Gasteiger partial charge in [0.15, 0.2) is 6.10 Å². The zero-order chi connectivity index (χ0) is 23.3. The molecule has 1 aliphatic heterocycles. The molecule has 1 heterocycles. The summed E-state index contributed by atoms with van der Waals surface area (Å²) < 4.78 is 5.94. The quantitative estimate of drug-likeness (QED) is 0.265. The van der Waals surface area contributed by atoms with E-state index in [0.29, 0.717) is 19.1 Å². The van der Waals surface area contributed by atoms with Gasteiger partial charge < -0.3 is 30.1 Å². The predicted molar refractivity (Wildman–Crippen MR) is 128 cm³/mol. The number of hydrogen-bond acceptors (Lipinski definition) is 6. The van der Waals surface area contributed by atoms with Gasteiger partial charge in [-0.25, -0.2) is 4.99 Å². The second kappa shape index (κ2) is 15.1. The van der Waals surface area contributed by atoms with Crippen molar-refractivity contribution in [1.29, 1.82) is 0 Å². The fourth-order valence-electron chi connectivity index (χ4n) is 4.87. The number of ether oxygens (including phenoxy) is 1. The van der Waals surface area contributed by atoms with Gasteiger partial charge in [0.2, 0.25) is 0 Å².